The van der Waals surface area contributed by atoms with Crippen LogP contribution in [-0.4, -0.2) is 27.6 Å². The van der Waals surface area contributed by atoms with Crippen LogP contribution in [0.2, 0.25) is 0 Å². The lowest BCUT2D eigenvalue weighted by Gasteiger charge is -2.18. The highest BCUT2D eigenvalue weighted by atomic mass is 32.1. The van der Waals surface area contributed by atoms with Crippen molar-refractivity contribution in [3.8, 4) is 0 Å². The summed E-state index contributed by atoms with van der Waals surface area (Å²) >= 11 is 1.13. The Morgan fingerprint density at radius 2 is 1.39 bits per heavy atom. The number of urea groups is 1. The maximum Gasteiger partial charge on any atom is 0.333 e. The predicted molar refractivity (Wildman–Crippen MR) is 141 cm³/mol. The van der Waals surface area contributed by atoms with Crippen molar-refractivity contribution in [2.45, 2.75) is 124 Å². The molecule has 0 bridgehead atoms. The maximum absolute atomic E-state index is 12.2. The molecule has 0 fully saturated rings. The number of hydrogen-bond donors (Lipinski definition) is 4. The molecular weight excluding hydrogens is 432 g/mol. The number of anilines is 1. The number of hydrazine groups is 1. The standard InChI is InChI=1S/C25H48N6OS/c1-4-6-8-10-12-13-15-17-19-22(18-16-14-11-9-7-5-2)20-27-24(32)29-30-25-28-23(21(3)26)31-33-25/h22,26H,4-20H2,1-3H3,(H2,27,29,32)(H,28,30,31). The molecule has 2 amide bonds. The van der Waals surface area contributed by atoms with Gasteiger partial charge in [-0.05, 0) is 25.7 Å². The molecule has 1 unspecified atom stereocenters. The molecule has 4 N–H and O–H groups in total. The van der Waals surface area contributed by atoms with Gasteiger partial charge in [0.15, 0.2) is 5.82 Å². The molecule has 33 heavy (non-hydrogen) atoms. The van der Waals surface area contributed by atoms with E-state index in [1.54, 1.807) is 6.92 Å². The molecule has 1 aromatic rings. The highest BCUT2D eigenvalue weighted by molar-refractivity contribution is 7.09. The molecule has 0 aromatic carbocycles. The Bertz CT molecular complexity index is 636. The zero-order valence-electron chi connectivity index (χ0n) is 21.3. The second-order valence-electron chi connectivity index (χ2n) is 9.19. The van der Waals surface area contributed by atoms with Gasteiger partial charge in [-0.1, -0.05) is 104 Å². The molecule has 1 aromatic heterocycles. The van der Waals surface area contributed by atoms with Crippen LogP contribution in [0.25, 0.3) is 0 Å². The minimum absolute atomic E-state index is 0.248. The van der Waals surface area contributed by atoms with E-state index >= 15 is 0 Å². The number of hydrogen-bond acceptors (Lipinski definition) is 6. The number of rotatable bonds is 21. The van der Waals surface area contributed by atoms with Gasteiger partial charge < -0.3 is 10.7 Å². The van der Waals surface area contributed by atoms with Crippen LogP contribution in [0.15, 0.2) is 0 Å². The molecule has 0 aliphatic carbocycles. The van der Waals surface area contributed by atoms with Crippen LogP contribution in [-0.2, 0) is 0 Å². The second-order valence-corrected chi connectivity index (χ2v) is 9.95. The highest BCUT2D eigenvalue weighted by Gasteiger charge is 2.12. The summed E-state index contributed by atoms with van der Waals surface area (Å²) in [5, 5.41) is 11.1. The van der Waals surface area contributed by atoms with Crippen molar-refractivity contribution in [1.29, 1.82) is 5.41 Å². The molecule has 1 rings (SSSR count). The Kier molecular flexibility index (Phi) is 17.5. The monoisotopic (exact) mass is 480 g/mol. The molecule has 0 saturated heterocycles. The molecule has 0 aliphatic rings. The fourth-order valence-corrected chi connectivity index (χ4v) is 4.52. The molecule has 1 atom stereocenters. The summed E-state index contributed by atoms with van der Waals surface area (Å²) in [6.07, 6.45) is 20.9. The first-order chi connectivity index (χ1) is 16.1. The van der Waals surface area contributed by atoms with E-state index in [1.807, 2.05) is 0 Å². The first-order valence-electron chi connectivity index (χ1n) is 13.3. The third kappa shape index (κ3) is 15.7. The fraction of sp³-hybridized carbons (Fsp3) is 0.840. The minimum Gasteiger partial charge on any atom is -0.336 e. The summed E-state index contributed by atoms with van der Waals surface area (Å²) in [5.41, 5.74) is 5.73. The van der Waals surface area contributed by atoms with Crippen LogP contribution in [0.1, 0.15) is 129 Å². The first-order valence-corrected chi connectivity index (χ1v) is 14.0. The maximum atomic E-state index is 12.2. The normalized spacial score (nSPS) is 11.8. The molecule has 0 radical (unpaired) electrons. The van der Waals surface area contributed by atoms with Gasteiger partial charge in [-0.25, -0.2) is 10.2 Å². The molecule has 0 spiro atoms. The fourth-order valence-electron chi connectivity index (χ4n) is 3.95. The van der Waals surface area contributed by atoms with Crippen LogP contribution in [0.5, 0.6) is 0 Å². The van der Waals surface area contributed by atoms with Crippen molar-refractivity contribution in [3.63, 3.8) is 0 Å². The lowest BCUT2D eigenvalue weighted by Crippen LogP contribution is -2.41. The quantitative estimate of drug-likeness (QED) is 0.0833. The summed E-state index contributed by atoms with van der Waals surface area (Å²) in [6.45, 7) is 6.87. The third-order valence-electron chi connectivity index (χ3n) is 6.03. The van der Waals surface area contributed by atoms with E-state index in [2.05, 4.69) is 39.4 Å². The van der Waals surface area contributed by atoms with E-state index in [-0.39, 0.29) is 6.03 Å². The third-order valence-corrected chi connectivity index (χ3v) is 6.66. The lowest BCUT2D eigenvalue weighted by molar-refractivity contribution is 0.239. The number of amides is 2. The SMILES string of the molecule is CCCCCCCCCCC(CCCCCCCC)CNC(=O)NNc1nc(C(C)=N)ns1. The number of carbonyl (C=O) groups is 1. The summed E-state index contributed by atoms with van der Waals surface area (Å²) < 4.78 is 4.07. The molecule has 0 aliphatic heterocycles. The Labute approximate surface area is 206 Å². The number of nitrogens with one attached hydrogen (secondary N) is 4. The average Bonchev–Trinajstić information content (AvgIpc) is 3.29. The summed E-state index contributed by atoms with van der Waals surface area (Å²) in [5.74, 6) is 0.921. The van der Waals surface area contributed by atoms with Gasteiger partial charge in [0.1, 0.15) is 0 Å². The van der Waals surface area contributed by atoms with Crippen LogP contribution >= 0.6 is 11.5 Å². The summed E-state index contributed by atoms with van der Waals surface area (Å²) in [6, 6.07) is -0.248. The van der Waals surface area contributed by atoms with Gasteiger partial charge >= 0.3 is 6.03 Å². The number of carbonyl (C=O) groups excluding carboxylic acids is 1. The minimum atomic E-state index is -0.248. The molecule has 0 saturated carbocycles. The van der Waals surface area contributed by atoms with E-state index in [0.29, 0.717) is 29.1 Å². The van der Waals surface area contributed by atoms with Crippen molar-refractivity contribution in [2.75, 3.05) is 12.0 Å². The van der Waals surface area contributed by atoms with E-state index in [9.17, 15) is 4.79 Å². The zero-order chi connectivity index (χ0) is 24.2. The Morgan fingerprint density at radius 3 is 1.88 bits per heavy atom. The van der Waals surface area contributed by atoms with Crippen molar-refractivity contribution in [3.05, 3.63) is 5.82 Å². The summed E-state index contributed by atoms with van der Waals surface area (Å²) in [4.78, 5) is 16.4. The van der Waals surface area contributed by atoms with Crippen LogP contribution < -0.4 is 16.2 Å². The van der Waals surface area contributed by atoms with Crippen LogP contribution in [0, 0.1) is 11.3 Å². The van der Waals surface area contributed by atoms with E-state index in [1.165, 1.54) is 103 Å². The van der Waals surface area contributed by atoms with Gasteiger partial charge in [0.05, 0.1) is 5.71 Å². The molecular formula is C25H48N6OS. The molecule has 1 heterocycles. The van der Waals surface area contributed by atoms with Crippen molar-refractivity contribution >= 4 is 28.4 Å². The Balaban J connectivity index is 2.29. The van der Waals surface area contributed by atoms with Gasteiger partial charge in [-0.3, -0.25) is 5.43 Å². The van der Waals surface area contributed by atoms with Crippen LogP contribution in [0.4, 0.5) is 9.93 Å². The lowest BCUT2D eigenvalue weighted by atomic mass is 9.94. The zero-order valence-corrected chi connectivity index (χ0v) is 22.1. The van der Waals surface area contributed by atoms with Crippen LogP contribution in [0.3, 0.4) is 0 Å². The average molecular weight is 481 g/mol. The van der Waals surface area contributed by atoms with Gasteiger partial charge in [0.2, 0.25) is 5.13 Å². The smallest absolute Gasteiger partial charge is 0.333 e. The van der Waals surface area contributed by atoms with Gasteiger partial charge in [0.25, 0.3) is 0 Å². The number of unbranched alkanes of at least 4 members (excludes halogenated alkanes) is 12. The first kappa shape index (κ1) is 29.3. The molecule has 8 heteroatoms. The number of aromatic nitrogens is 2. The summed E-state index contributed by atoms with van der Waals surface area (Å²) in [7, 11) is 0. The molecule has 190 valence electrons. The molecule has 7 nitrogen and oxygen atoms in total. The largest absolute Gasteiger partial charge is 0.336 e. The number of nitrogens with zero attached hydrogens (tertiary/aromatic N) is 2. The van der Waals surface area contributed by atoms with E-state index < -0.39 is 0 Å². The second kappa shape index (κ2) is 19.7. The van der Waals surface area contributed by atoms with Crippen molar-refractivity contribution in [2.24, 2.45) is 5.92 Å². The Morgan fingerprint density at radius 1 is 0.879 bits per heavy atom. The van der Waals surface area contributed by atoms with Gasteiger partial charge in [0, 0.05) is 18.1 Å². The van der Waals surface area contributed by atoms with Crippen molar-refractivity contribution < 1.29 is 4.79 Å². The highest BCUT2D eigenvalue weighted by Crippen LogP contribution is 2.19. The van der Waals surface area contributed by atoms with Crippen molar-refractivity contribution in [1.82, 2.24) is 20.1 Å². The topological polar surface area (TPSA) is 103 Å². The van der Waals surface area contributed by atoms with E-state index in [0.717, 1.165) is 11.5 Å². The van der Waals surface area contributed by atoms with E-state index in [4.69, 9.17) is 5.41 Å². The van der Waals surface area contributed by atoms with Gasteiger partial charge in [-0.15, -0.1) is 0 Å². The Hall–Kier alpha value is -1.70. The van der Waals surface area contributed by atoms with Gasteiger partial charge in [-0.2, -0.15) is 9.36 Å². The predicted octanol–water partition coefficient (Wildman–Crippen LogP) is 7.45.